The fourth-order valence-corrected chi connectivity index (χ4v) is 18.4. The van der Waals surface area contributed by atoms with Crippen molar-refractivity contribution in [3.8, 4) is 89.5 Å². The number of para-hydroxylation sites is 1. The first-order valence-electron chi connectivity index (χ1n) is 53.2. The molecule has 0 amide bonds. The van der Waals surface area contributed by atoms with Crippen LogP contribution in [-0.4, -0.2) is 0 Å². The van der Waals surface area contributed by atoms with E-state index in [0.717, 1.165) is 127 Å². The van der Waals surface area contributed by atoms with Crippen LogP contribution in [0.5, 0.6) is 0 Å². The van der Waals surface area contributed by atoms with Crippen LogP contribution in [0.25, 0.3) is 197 Å². The minimum absolute atomic E-state index is 0.0202. The zero-order valence-electron chi connectivity index (χ0n) is 95.4. The Bertz CT molecular complexity index is 9170. The molecular formula is C125H118N8O4+4. The van der Waals surface area contributed by atoms with Crippen LogP contribution in [0.1, 0.15) is 149 Å². The number of rotatable bonds is 15. The highest BCUT2D eigenvalue weighted by atomic mass is 16.3. The topological polar surface area (TPSA) is 85.5 Å². The fourth-order valence-electron chi connectivity index (χ4n) is 18.4. The average Bonchev–Trinajstić information content (AvgIpc) is 1.44. The minimum atomic E-state index is -1.87. The van der Waals surface area contributed by atoms with Gasteiger partial charge in [0, 0.05) is 130 Å². The molecule has 0 unspecified atom stereocenters. The second-order valence-electron chi connectivity index (χ2n) is 37.2. The van der Waals surface area contributed by atoms with Crippen LogP contribution in [-0.2, 0) is 53.7 Å². The lowest BCUT2D eigenvalue weighted by molar-refractivity contribution is -0.666. The highest BCUT2D eigenvalue weighted by Crippen LogP contribution is 2.51. The van der Waals surface area contributed by atoms with Crippen LogP contribution in [0.3, 0.4) is 0 Å². The van der Waals surface area contributed by atoms with Gasteiger partial charge in [-0.3, -0.25) is 0 Å². The minimum Gasteiger partial charge on any atom is -0.466 e. The van der Waals surface area contributed by atoms with Crippen LogP contribution in [0.4, 0.5) is 22.7 Å². The number of fused-ring (bicyclic) bond motifs is 12. The molecule has 0 saturated heterocycles. The van der Waals surface area contributed by atoms with Gasteiger partial charge in [-0.05, 0) is 184 Å². The van der Waals surface area contributed by atoms with E-state index >= 15 is 0 Å². The van der Waals surface area contributed by atoms with Gasteiger partial charge < -0.3 is 17.7 Å². The van der Waals surface area contributed by atoms with E-state index in [-0.39, 0.29) is 52.9 Å². The highest BCUT2D eigenvalue weighted by molar-refractivity contribution is 6.21. The SMILES string of the molecule is [2H]C([2H])(c1cc(C)[n+](C)c(-c2c(C)ccc3c2oc2c([N+]#[C-])c(-c4ccccc4)ccc23)c1)C(C)(C)C.[2H]c1c(C([2H])([2H])C(C)C)c([2H])c(-c2c(C)cc(-c3ccccc3)c3c2oc2c([N+]#[C-])cccc23)[n+](C)c1C.[2H]c1c(C([2H])([2H])C(C)C)c([2H])c(-c2c(C)ccc3c2oc2c([N+]#[C-])cc(-c4ccccc4)cc23)[n+](C)c1C.[2H]c1c(C([2H])([2H])C(C)C)c([2H])c(-c2c(C)ccc3c2oc2c([N+]#[C-])ccc(-c4ccccc4)c23)[n+](C)c1C. The maximum absolute atomic E-state index is 9.24. The molecule has 0 aliphatic carbocycles. The molecule has 0 fully saturated rings. The van der Waals surface area contributed by atoms with Crippen molar-refractivity contribution >= 4 is 111 Å². The van der Waals surface area contributed by atoms with Crippen molar-refractivity contribution in [3.63, 3.8) is 0 Å². The van der Waals surface area contributed by atoms with Gasteiger partial charge in [-0.2, -0.15) is 18.3 Å². The molecule has 0 atom stereocenters. The van der Waals surface area contributed by atoms with Crippen molar-refractivity contribution in [2.45, 2.75) is 143 Å². The maximum Gasteiger partial charge on any atom is 0.237 e. The van der Waals surface area contributed by atoms with E-state index in [9.17, 15) is 4.11 Å². The number of hydrogen-bond donors (Lipinski definition) is 0. The first kappa shape index (κ1) is 76.8. The van der Waals surface area contributed by atoms with E-state index in [1.165, 1.54) is 0 Å². The summed E-state index contributed by atoms with van der Waals surface area (Å²) in [5.74, 6) is -1.27. The molecule has 12 nitrogen and oxygen atoms in total. The molecule has 8 aromatic heterocycles. The quantitative estimate of drug-likeness (QED) is 0.0756. The molecule has 0 N–H and O–H groups in total. The average molecular weight is 1810 g/mol. The summed E-state index contributed by atoms with van der Waals surface area (Å²) >= 11 is 0. The molecule has 0 spiro atoms. The number of aromatic nitrogens is 4. The zero-order valence-corrected chi connectivity index (χ0v) is 81.4. The summed E-state index contributed by atoms with van der Waals surface area (Å²) in [6.07, 6.45) is -7.13. The Morgan fingerprint density at radius 3 is 1.17 bits per heavy atom. The molecule has 0 saturated carbocycles. The van der Waals surface area contributed by atoms with Crippen LogP contribution in [0, 0.1) is 105 Å². The molecule has 0 aliphatic rings. The van der Waals surface area contributed by atoms with Crippen molar-refractivity contribution in [1.82, 2.24) is 0 Å². The Hall–Kier alpha value is -15.6. The maximum atomic E-state index is 9.24. The first-order valence-corrected chi connectivity index (χ1v) is 46.2. The van der Waals surface area contributed by atoms with Crippen molar-refractivity contribution in [3.05, 3.63) is 380 Å². The van der Waals surface area contributed by atoms with E-state index in [1.807, 2.05) is 263 Å². The van der Waals surface area contributed by atoms with Gasteiger partial charge in [0.2, 0.25) is 45.5 Å². The molecule has 20 rings (SSSR count). The molecule has 12 aromatic carbocycles. The Morgan fingerprint density at radius 2 is 0.679 bits per heavy atom. The van der Waals surface area contributed by atoms with Crippen LogP contribution in [0.2, 0.25) is 0 Å². The van der Waals surface area contributed by atoms with Crippen LogP contribution >= 0.6 is 0 Å². The molecule has 0 bridgehead atoms. The second kappa shape index (κ2) is 38.4. The van der Waals surface area contributed by atoms with E-state index in [1.54, 1.807) is 109 Å². The van der Waals surface area contributed by atoms with Crippen LogP contribution < -0.4 is 18.3 Å². The zero-order chi connectivity index (χ0) is 109. The third-order valence-electron chi connectivity index (χ3n) is 25.2. The van der Waals surface area contributed by atoms with E-state index in [2.05, 4.69) is 42.1 Å². The molecule has 12 heteroatoms. The van der Waals surface area contributed by atoms with E-state index < -0.39 is 48.7 Å². The second-order valence-corrected chi connectivity index (χ2v) is 37.2. The summed E-state index contributed by atoms with van der Waals surface area (Å²) in [7, 11) is 7.41. The summed E-state index contributed by atoms with van der Waals surface area (Å²) in [5.41, 5.74) is 25.7. The largest absolute Gasteiger partial charge is 0.466 e. The van der Waals surface area contributed by atoms with Crippen molar-refractivity contribution in [2.24, 2.45) is 51.4 Å². The lowest BCUT2D eigenvalue weighted by atomic mass is 9.87. The van der Waals surface area contributed by atoms with Gasteiger partial charge in [-0.15, -0.1) is 0 Å². The predicted octanol–water partition coefficient (Wildman–Crippen LogP) is 32.8. The molecule has 8 heterocycles. The third kappa shape index (κ3) is 18.2. The van der Waals surface area contributed by atoms with Gasteiger partial charge in [0.15, 0.2) is 22.8 Å². The van der Waals surface area contributed by atoms with Gasteiger partial charge in [0.05, 0.1) is 56.8 Å². The van der Waals surface area contributed by atoms with Gasteiger partial charge in [0.25, 0.3) is 0 Å². The Balaban J connectivity index is 0.000000137. The lowest BCUT2D eigenvalue weighted by Gasteiger charge is -2.18. The Morgan fingerprint density at radius 1 is 0.299 bits per heavy atom. The predicted molar refractivity (Wildman–Crippen MR) is 565 cm³/mol. The van der Waals surface area contributed by atoms with Crippen molar-refractivity contribution < 1.29 is 55.1 Å². The number of aryl methyl sites for hydroxylation is 5. The molecule has 0 radical (unpaired) electrons. The number of hydrogen-bond acceptors (Lipinski definition) is 4. The number of benzene rings is 12. The third-order valence-corrected chi connectivity index (χ3v) is 25.2. The van der Waals surface area contributed by atoms with Crippen LogP contribution in [0.15, 0.2) is 284 Å². The van der Waals surface area contributed by atoms with E-state index in [0.29, 0.717) is 124 Å². The van der Waals surface area contributed by atoms with Gasteiger partial charge in [-0.25, -0.2) is 19.4 Å². The molecule has 20 aromatic rings. The highest BCUT2D eigenvalue weighted by Gasteiger charge is 2.32. The van der Waals surface area contributed by atoms with Gasteiger partial charge >= 0.3 is 0 Å². The summed E-state index contributed by atoms with van der Waals surface area (Å²) in [4.78, 5) is 15.1. The van der Waals surface area contributed by atoms with Gasteiger partial charge in [-0.1, -0.05) is 263 Å². The summed E-state index contributed by atoms with van der Waals surface area (Å²) in [6.45, 7) is 62.9. The normalized spacial score (nSPS) is 13.4. The summed E-state index contributed by atoms with van der Waals surface area (Å²) in [6, 6.07) is 75.0. The lowest BCUT2D eigenvalue weighted by Crippen LogP contribution is -2.35. The number of furan rings is 4. The summed E-state index contributed by atoms with van der Waals surface area (Å²) < 4.78 is 158. The van der Waals surface area contributed by atoms with E-state index in [4.69, 9.17) is 59.0 Å². The standard InChI is InChI=1S/C32H31N2O.3C31H29N2O/c1-20-13-14-25-26-16-15-24(23-11-9-8-10-12-23)29(33-6)31(26)35-30(25)28(20)27-18-22(19-32(3,4)5)17-21(2)34(27)7;1-19(2)15-22-17-21(4)33(6)27(18-22)28-20(3)16-25(23-11-8-7-9-12-23)29-24-13-10-14-26(32-5)30(24)34-31(28)29;1-19(2)14-22-15-21(4)33(6)28(16-22)29-20(3)12-13-25-26-17-24(23-10-8-7-9-11-23)18-27(32-5)30(26)34-31(25)29;1-19(2)16-22-17-21(4)33(6)27(18-22)28-20(3)12-13-25-29-24(23-10-8-7-9-11-23)14-15-26(32-5)31(29)34-30(25)28/h8-18H,19H2,1-5,7H3;7-14,16-19H,15H2,1-4,6H3;7-13,15-19H,14H2,1-4,6H3;7-15,17-19H,16H2,1-4,6H3/q4*+1/i19D2;15D2,17D,18D;14D2,15D,16D;16D2,17D,18D. The Kier molecular flexibility index (Phi) is 21.5. The fraction of sp³-hybridized carbons (Fsp3) is 0.232. The molecule has 137 heavy (non-hydrogen) atoms. The van der Waals surface area contributed by atoms with Crippen molar-refractivity contribution in [1.29, 1.82) is 0 Å². The number of nitrogens with zero attached hydrogens (tertiary/aromatic N) is 8. The monoisotopic (exact) mass is 1810 g/mol. The van der Waals surface area contributed by atoms with Gasteiger partial charge in [0.1, 0.15) is 72.9 Å². The summed E-state index contributed by atoms with van der Waals surface area (Å²) in [5, 5.41) is 6.81. The molecule has 0 aliphatic heterocycles. The molecular weight excluding hydrogens is 1680 g/mol. The first-order chi connectivity index (χ1) is 71.4. The smallest absolute Gasteiger partial charge is 0.237 e. The Labute approximate surface area is 825 Å². The molecule has 678 valence electrons. The number of pyridine rings is 4. The van der Waals surface area contributed by atoms with Crippen molar-refractivity contribution in [2.75, 3.05) is 0 Å².